The number of hydrogen-bond acceptors (Lipinski definition) is 2. The average Bonchev–Trinajstić information content (AvgIpc) is 2.34. The van der Waals surface area contributed by atoms with Crippen molar-refractivity contribution in [1.29, 1.82) is 0 Å². The molecule has 1 aromatic rings. The van der Waals surface area contributed by atoms with Crippen molar-refractivity contribution < 1.29 is 75.0 Å². The van der Waals surface area contributed by atoms with Crippen molar-refractivity contribution in [1.82, 2.24) is 0 Å². The van der Waals surface area contributed by atoms with Gasteiger partial charge < -0.3 is 16.0 Å². The van der Waals surface area contributed by atoms with Crippen LogP contribution in [0.2, 0.25) is 0 Å². The van der Waals surface area contributed by atoms with Crippen LogP contribution in [0.4, 0.5) is 0 Å². The minimum Gasteiger partial charge on any atom is -0.407 e. The summed E-state index contributed by atoms with van der Waals surface area (Å²) in [7, 11) is 0. The van der Waals surface area contributed by atoms with E-state index in [1.807, 2.05) is 0 Å². The predicted molar refractivity (Wildman–Crippen MR) is 80.7 cm³/mol. The zero-order valence-electron chi connectivity index (χ0n) is 13.9. The largest absolute Gasteiger partial charge is 0.407 e. The normalized spacial score (nSPS) is 7.33. The van der Waals surface area contributed by atoms with Crippen LogP contribution in [0.3, 0.4) is 0 Å². The van der Waals surface area contributed by atoms with Crippen molar-refractivity contribution >= 4 is 11.6 Å². The molecule has 21 heavy (non-hydrogen) atoms. The van der Waals surface area contributed by atoms with Crippen LogP contribution in [-0.4, -0.2) is 11.6 Å². The van der Waals surface area contributed by atoms with Crippen LogP contribution in [0.15, 0.2) is 29.8 Å². The van der Waals surface area contributed by atoms with Gasteiger partial charge in [0.15, 0.2) is 0 Å². The summed E-state index contributed by atoms with van der Waals surface area (Å²) >= 11 is 0. The second-order valence-electron chi connectivity index (χ2n) is 4.29. The first-order valence-corrected chi connectivity index (χ1v) is 6.13. The third-order valence-electron chi connectivity index (χ3n) is 2.18. The van der Waals surface area contributed by atoms with E-state index in [0.717, 1.165) is 0 Å². The molecular weight excluding hydrogens is 414 g/mol. The number of hydrogen-bond donors (Lipinski definition) is 0. The van der Waals surface area contributed by atoms with Gasteiger partial charge in [-0.15, -0.1) is 0 Å². The Balaban J connectivity index is -0.000000102. The minimum absolute atomic E-state index is 0. The Morgan fingerprint density at radius 1 is 0.905 bits per heavy atom. The quantitative estimate of drug-likeness (QED) is 0.516. The van der Waals surface area contributed by atoms with Crippen LogP contribution in [0, 0.1) is 26.8 Å². The van der Waals surface area contributed by atoms with Gasteiger partial charge in [0.2, 0.25) is 0 Å². The zero-order valence-corrected chi connectivity index (χ0v) is 19.6. The molecule has 0 amide bonds. The summed E-state index contributed by atoms with van der Waals surface area (Å²) in [6.07, 6.45) is 1.53. The Labute approximate surface area is 180 Å². The molecule has 1 aromatic carbocycles. The maximum Gasteiger partial charge on any atom is 0.0000493 e. The van der Waals surface area contributed by atoms with E-state index in [1.165, 1.54) is 31.4 Å². The van der Waals surface area contributed by atoms with Gasteiger partial charge in [-0.2, -0.15) is 12.5 Å². The number of carbonyl (C=O) groups excluding carboxylic acids is 2. The maximum atomic E-state index is 9.98. The Morgan fingerprint density at radius 2 is 1.10 bits per heavy atom. The molecule has 0 heterocycles. The van der Waals surface area contributed by atoms with E-state index in [4.69, 9.17) is 6.58 Å². The van der Waals surface area contributed by atoms with E-state index < -0.39 is 0 Å². The monoisotopic (exact) mass is 438 g/mol. The zero-order chi connectivity index (χ0) is 15.4. The number of ketones is 2. The first-order chi connectivity index (χ1) is 8.70. The molecule has 0 spiro atoms. The van der Waals surface area contributed by atoms with Crippen LogP contribution in [0.1, 0.15) is 38.8 Å². The molecule has 0 aliphatic rings. The minimum atomic E-state index is -0.0463. The molecule has 0 fully saturated rings. The molecule has 0 atom stereocenters. The number of benzene rings is 1. The molecular formula is C17H24O2Y2-2. The van der Waals surface area contributed by atoms with Crippen molar-refractivity contribution in [2.24, 2.45) is 0 Å². The molecule has 0 saturated heterocycles. The van der Waals surface area contributed by atoms with Gasteiger partial charge in [-0.05, 0) is 26.6 Å². The summed E-state index contributed by atoms with van der Waals surface area (Å²) < 4.78 is 0. The maximum absolute atomic E-state index is 9.98. The smallest absolute Gasteiger partial charge is 0.0000493 e. The van der Waals surface area contributed by atoms with E-state index >= 15 is 0 Å². The molecule has 0 aliphatic heterocycles. The molecule has 0 bridgehead atoms. The standard InChI is InChI=1S/C8H10.C5H7O.C4H7O.2Y/c1-7-3-5-8(2)6-4-7;1-4(2)5(3)6;1-3-4(2)5;;/h3-6H,1-2H3;1H,2-3H3;3H,1-2H3;;/q;2*-1;;. The van der Waals surface area contributed by atoms with Gasteiger partial charge in [-0.1, -0.05) is 49.2 Å². The van der Waals surface area contributed by atoms with Crippen LogP contribution in [0.5, 0.6) is 0 Å². The average molecular weight is 438 g/mol. The van der Waals surface area contributed by atoms with Gasteiger partial charge in [0.25, 0.3) is 0 Å². The van der Waals surface area contributed by atoms with E-state index in [2.05, 4.69) is 38.1 Å². The van der Waals surface area contributed by atoms with Gasteiger partial charge in [0.1, 0.15) is 0 Å². The van der Waals surface area contributed by atoms with E-state index in [-0.39, 0.29) is 77.0 Å². The SMILES string of the molecule is C[CH-]C(C)=O.Cc1ccc(C)cc1.[CH-]=C(C)C(C)=O.[Y].[Y]. The number of aryl methyl sites for hydroxylation is 2. The van der Waals surface area contributed by atoms with Crippen molar-refractivity contribution in [3.63, 3.8) is 0 Å². The van der Waals surface area contributed by atoms with Gasteiger partial charge in [0, 0.05) is 71.2 Å². The second kappa shape index (κ2) is 18.4. The van der Waals surface area contributed by atoms with Crippen molar-refractivity contribution in [2.45, 2.75) is 41.5 Å². The topological polar surface area (TPSA) is 34.1 Å². The predicted octanol–water partition coefficient (Wildman–Crippen LogP) is 4.05. The Bertz CT molecular complexity index is 376. The molecule has 0 unspecified atom stereocenters. The molecule has 0 saturated carbocycles. The van der Waals surface area contributed by atoms with Crippen molar-refractivity contribution in [3.8, 4) is 0 Å². The van der Waals surface area contributed by atoms with Crippen LogP contribution in [0.25, 0.3) is 0 Å². The third-order valence-corrected chi connectivity index (χ3v) is 2.18. The second-order valence-corrected chi connectivity index (χ2v) is 4.29. The summed E-state index contributed by atoms with van der Waals surface area (Å²) in [4.78, 5) is 19.7. The molecule has 2 radical (unpaired) electrons. The number of Topliss-reactive ketones (excluding diaryl/α,β-unsaturated/α-hetero) is 2. The molecule has 2 nitrogen and oxygen atoms in total. The Hall–Kier alpha value is 0.378. The fourth-order valence-corrected chi connectivity index (χ4v) is 0.637. The Kier molecular flexibility index (Phi) is 25.8. The van der Waals surface area contributed by atoms with Gasteiger partial charge in [-0.3, -0.25) is 6.58 Å². The first kappa shape index (κ1) is 29.4. The summed E-state index contributed by atoms with van der Waals surface area (Å²) in [6, 6.07) is 8.48. The van der Waals surface area contributed by atoms with Crippen LogP contribution >= 0.6 is 0 Å². The number of rotatable bonds is 2. The molecule has 0 aliphatic carbocycles. The summed E-state index contributed by atoms with van der Waals surface area (Å²) in [5.41, 5.74) is 3.03. The van der Waals surface area contributed by atoms with E-state index in [0.29, 0.717) is 5.57 Å². The Morgan fingerprint density at radius 3 is 1.19 bits per heavy atom. The van der Waals surface area contributed by atoms with E-state index in [9.17, 15) is 9.59 Å². The van der Waals surface area contributed by atoms with E-state index in [1.54, 1.807) is 13.8 Å². The van der Waals surface area contributed by atoms with Gasteiger partial charge in [0.05, 0.1) is 0 Å². The van der Waals surface area contributed by atoms with Crippen LogP contribution < -0.4 is 0 Å². The molecule has 0 N–H and O–H groups in total. The summed E-state index contributed by atoms with van der Waals surface area (Å²) in [5.74, 6) is 0.0833. The number of carbonyl (C=O) groups is 2. The fourth-order valence-electron chi connectivity index (χ4n) is 0.637. The molecule has 1 rings (SSSR count). The van der Waals surface area contributed by atoms with Crippen molar-refractivity contribution in [2.75, 3.05) is 0 Å². The van der Waals surface area contributed by atoms with Gasteiger partial charge >= 0.3 is 0 Å². The fraction of sp³-hybridized carbons (Fsp3) is 0.353. The summed E-state index contributed by atoms with van der Waals surface area (Å²) in [6.45, 7) is 15.5. The molecule has 0 aromatic heterocycles. The number of allylic oxidation sites excluding steroid dienone is 1. The third kappa shape index (κ3) is 25.7. The first-order valence-electron chi connectivity index (χ1n) is 6.13. The molecule has 4 heteroatoms. The molecule has 112 valence electrons. The van der Waals surface area contributed by atoms with Crippen molar-refractivity contribution in [3.05, 3.63) is 54.0 Å². The van der Waals surface area contributed by atoms with Crippen LogP contribution in [-0.2, 0) is 75.0 Å². The van der Waals surface area contributed by atoms with Gasteiger partial charge in [-0.25, -0.2) is 0 Å². The summed E-state index contributed by atoms with van der Waals surface area (Å²) in [5, 5.41) is 0.